The first-order chi connectivity index (χ1) is 7.38. The standard InChI is InChI=1S/C12H20N2O2/c1-5-9-7-10(14(6-2)13-9)8-11(15)12(3,4)16/h7,16H,5-6,8H2,1-4H3. The molecule has 1 N–H and O–H groups in total. The third-order valence-electron chi connectivity index (χ3n) is 2.60. The number of carbonyl (C=O) groups is 1. The largest absolute Gasteiger partial charge is 0.383 e. The Morgan fingerprint density at radius 1 is 1.50 bits per heavy atom. The minimum absolute atomic E-state index is 0.176. The lowest BCUT2D eigenvalue weighted by atomic mass is 9.99. The Bertz CT molecular complexity index is 375. The molecule has 1 aromatic rings. The molecule has 0 aromatic carbocycles. The monoisotopic (exact) mass is 224 g/mol. The molecule has 1 heterocycles. The fraction of sp³-hybridized carbons (Fsp3) is 0.667. The molecule has 0 spiro atoms. The Labute approximate surface area is 96.3 Å². The van der Waals surface area contributed by atoms with Gasteiger partial charge in [-0.25, -0.2) is 0 Å². The minimum Gasteiger partial charge on any atom is -0.383 e. The number of nitrogens with zero attached hydrogens (tertiary/aromatic N) is 2. The number of aromatic nitrogens is 2. The van der Waals surface area contributed by atoms with Gasteiger partial charge in [-0.2, -0.15) is 5.10 Å². The van der Waals surface area contributed by atoms with Gasteiger partial charge in [-0.05, 0) is 33.3 Å². The summed E-state index contributed by atoms with van der Waals surface area (Å²) in [5, 5.41) is 14.0. The van der Waals surface area contributed by atoms with Crippen LogP contribution in [0, 0.1) is 0 Å². The highest BCUT2D eigenvalue weighted by Crippen LogP contribution is 2.11. The highest BCUT2D eigenvalue weighted by Gasteiger charge is 2.24. The molecule has 0 atom stereocenters. The SMILES string of the molecule is CCc1cc(CC(=O)C(C)(C)O)n(CC)n1. The highest BCUT2D eigenvalue weighted by atomic mass is 16.3. The van der Waals surface area contributed by atoms with Crippen LogP contribution in [-0.4, -0.2) is 26.3 Å². The van der Waals surface area contributed by atoms with Gasteiger partial charge in [-0.1, -0.05) is 6.92 Å². The zero-order chi connectivity index (χ0) is 12.3. The first-order valence-electron chi connectivity index (χ1n) is 5.69. The van der Waals surface area contributed by atoms with Crippen molar-refractivity contribution in [3.8, 4) is 0 Å². The minimum atomic E-state index is -1.27. The second-order valence-electron chi connectivity index (χ2n) is 4.46. The van der Waals surface area contributed by atoms with E-state index in [4.69, 9.17) is 0 Å². The zero-order valence-electron chi connectivity index (χ0n) is 10.4. The summed E-state index contributed by atoms with van der Waals surface area (Å²) >= 11 is 0. The molecule has 0 aliphatic rings. The van der Waals surface area contributed by atoms with Gasteiger partial charge in [0.15, 0.2) is 5.78 Å². The summed E-state index contributed by atoms with van der Waals surface area (Å²) in [7, 11) is 0. The average molecular weight is 224 g/mol. The van der Waals surface area contributed by atoms with E-state index in [1.165, 1.54) is 13.8 Å². The molecule has 0 unspecified atom stereocenters. The molecular formula is C12H20N2O2. The Kier molecular flexibility index (Phi) is 3.86. The molecule has 0 bridgehead atoms. The van der Waals surface area contributed by atoms with Gasteiger partial charge >= 0.3 is 0 Å². The van der Waals surface area contributed by atoms with Crippen molar-refractivity contribution in [2.45, 2.75) is 52.7 Å². The van der Waals surface area contributed by atoms with E-state index in [9.17, 15) is 9.90 Å². The normalized spacial score (nSPS) is 11.8. The molecule has 0 saturated carbocycles. The number of Topliss-reactive ketones (excluding diaryl/α,β-unsaturated/α-hetero) is 1. The van der Waals surface area contributed by atoms with Crippen molar-refractivity contribution in [2.24, 2.45) is 0 Å². The van der Waals surface area contributed by atoms with Crippen LogP contribution in [0.3, 0.4) is 0 Å². The number of aliphatic hydroxyl groups is 1. The maximum atomic E-state index is 11.7. The topological polar surface area (TPSA) is 55.1 Å². The summed E-state index contributed by atoms with van der Waals surface area (Å²) in [6, 6.07) is 1.94. The van der Waals surface area contributed by atoms with E-state index >= 15 is 0 Å². The van der Waals surface area contributed by atoms with Crippen molar-refractivity contribution in [3.63, 3.8) is 0 Å². The maximum Gasteiger partial charge on any atom is 0.169 e. The second kappa shape index (κ2) is 4.78. The lowest BCUT2D eigenvalue weighted by Crippen LogP contribution is -2.33. The fourth-order valence-electron chi connectivity index (χ4n) is 1.48. The Hall–Kier alpha value is -1.16. The van der Waals surface area contributed by atoms with Gasteiger partial charge in [0.1, 0.15) is 5.60 Å². The highest BCUT2D eigenvalue weighted by molar-refractivity contribution is 5.87. The van der Waals surface area contributed by atoms with Crippen molar-refractivity contribution in [3.05, 3.63) is 17.5 Å². The van der Waals surface area contributed by atoms with Crippen LogP contribution in [-0.2, 0) is 24.2 Å². The van der Waals surface area contributed by atoms with Crippen molar-refractivity contribution < 1.29 is 9.90 Å². The van der Waals surface area contributed by atoms with Gasteiger partial charge in [0, 0.05) is 12.2 Å². The molecule has 4 nitrogen and oxygen atoms in total. The number of carbonyl (C=O) groups excluding carboxylic acids is 1. The van der Waals surface area contributed by atoms with Crippen LogP contribution < -0.4 is 0 Å². The summed E-state index contributed by atoms with van der Waals surface area (Å²) in [5.41, 5.74) is 0.599. The number of ketones is 1. The van der Waals surface area contributed by atoms with Gasteiger partial charge in [-0.3, -0.25) is 9.48 Å². The molecule has 0 radical (unpaired) electrons. The van der Waals surface area contributed by atoms with Crippen molar-refractivity contribution in [2.75, 3.05) is 0 Å². The summed E-state index contributed by atoms with van der Waals surface area (Å²) in [6.07, 6.45) is 1.10. The Morgan fingerprint density at radius 3 is 2.56 bits per heavy atom. The first kappa shape index (κ1) is 12.9. The van der Waals surface area contributed by atoms with E-state index in [0.29, 0.717) is 0 Å². The van der Waals surface area contributed by atoms with E-state index < -0.39 is 5.60 Å². The van der Waals surface area contributed by atoms with Crippen LogP contribution in [0.4, 0.5) is 0 Å². The molecule has 16 heavy (non-hydrogen) atoms. The van der Waals surface area contributed by atoms with Crippen LogP contribution in [0.2, 0.25) is 0 Å². The van der Waals surface area contributed by atoms with Crippen molar-refractivity contribution in [1.29, 1.82) is 0 Å². The lowest BCUT2D eigenvalue weighted by molar-refractivity contribution is -0.133. The van der Waals surface area contributed by atoms with Crippen molar-refractivity contribution >= 4 is 5.78 Å². The van der Waals surface area contributed by atoms with E-state index in [1.54, 1.807) is 0 Å². The van der Waals surface area contributed by atoms with Gasteiger partial charge in [0.05, 0.1) is 12.1 Å². The molecule has 0 aliphatic carbocycles. The van der Waals surface area contributed by atoms with Crippen LogP contribution in [0.15, 0.2) is 6.07 Å². The second-order valence-corrected chi connectivity index (χ2v) is 4.46. The predicted octanol–water partition coefficient (Wildman–Crippen LogP) is 1.35. The molecule has 0 amide bonds. The lowest BCUT2D eigenvalue weighted by Gasteiger charge is -2.15. The Morgan fingerprint density at radius 2 is 2.12 bits per heavy atom. The van der Waals surface area contributed by atoms with Crippen LogP contribution in [0.1, 0.15) is 39.1 Å². The summed E-state index contributed by atoms with van der Waals surface area (Å²) in [5.74, 6) is -0.176. The summed E-state index contributed by atoms with van der Waals surface area (Å²) in [6.45, 7) is 7.80. The molecule has 0 saturated heterocycles. The summed E-state index contributed by atoms with van der Waals surface area (Å²) < 4.78 is 1.82. The van der Waals surface area contributed by atoms with Gasteiger partial charge < -0.3 is 5.11 Å². The molecule has 4 heteroatoms. The maximum absolute atomic E-state index is 11.7. The number of rotatable bonds is 5. The fourth-order valence-corrected chi connectivity index (χ4v) is 1.48. The third-order valence-corrected chi connectivity index (χ3v) is 2.60. The molecular weight excluding hydrogens is 204 g/mol. The summed E-state index contributed by atoms with van der Waals surface area (Å²) in [4.78, 5) is 11.7. The van der Waals surface area contributed by atoms with Crippen LogP contribution in [0.25, 0.3) is 0 Å². The smallest absolute Gasteiger partial charge is 0.169 e. The van der Waals surface area contributed by atoms with E-state index in [-0.39, 0.29) is 12.2 Å². The quantitative estimate of drug-likeness (QED) is 0.821. The van der Waals surface area contributed by atoms with E-state index in [0.717, 1.165) is 24.4 Å². The molecule has 1 rings (SSSR count). The molecule has 0 fully saturated rings. The van der Waals surface area contributed by atoms with E-state index in [2.05, 4.69) is 5.10 Å². The zero-order valence-corrected chi connectivity index (χ0v) is 10.4. The predicted molar refractivity (Wildman–Crippen MR) is 62.3 cm³/mol. The van der Waals surface area contributed by atoms with Gasteiger partial charge in [0.2, 0.25) is 0 Å². The number of hydrogen-bond donors (Lipinski definition) is 1. The molecule has 1 aromatic heterocycles. The Balaban J connectivity index is 2.88. The molecule has 0 aliphatic heterocycles. The average Bonchev–Trinajstić information content (AvgIpc) is 2.59. The van der Waals surface area contributed by atoms with Crippen molar-refractivity contribution in [1.82, 2.24) is 9.78 Å². The third kappa shape index (κ3) is 2.92. The molecule has 90 valence electrons. The van der Waals surface area contributed by atoms with Crippen LogP contribution >= 0.6 is 0 Å². The van der Waals surface area contributed by atoms with Gasteiger partial charge in [-0.15, -0.1) is 0 Å². The van der Waals surface area contributed by atoms with Gasteiger partial charge in [0.25, 0.3) is 0 Å². The first-order valence-corrected chi connectivity index (χ1v) is 5.69. The van der Waals surface area contributed by atoms with E-state index in [1.807, 2.05) is 24.6 Å². The number of aryl methyl sites for hydroxylation is 2. The number of hydrogen-bond acceptors (Lipinski definition) is 3. The van der Waals surface area contributed by atoms with Crippen LogP contribution in [0.5, 0.6) is 0 Å².